The molecule has 5 heteroatoms. The molecule has 0 saturated heterocycles. The molecular weight excluding hydrogens is 292 g/mol. The molecule has 1 aliphatic rings. The van der Waals surface area contributed by atoms with E-state index in [-0.39, 0.29) is 24.3 Å². The van der Waals surface area contributed by atoms with E-state index >= 15 is 0 Å². The molecule has 2 rings (SSSR count). The van der Waals surface area contributed by atoms with Crippen LogP contribution in [0.1, 0.15) is 48.0 Å². The maximum Gasteiger partial charge on any atom is 0.253 e. The molecule has 0 spiro atoms. The Morgan fingerprint density at radius 3 is 2.43 bits per heavy atom. The lowest BCUT2D eigenvalue weighted by Gasteiger charge is -2.20. The molecule has 0 radical (unpaired) electrons. The van der Waals surface area contributed by atoms with Crippen molar-refractivity contribution in [2.45, 2.75) is 38.6 Å². The molecule has 0 bridgehead atoms. The van der Waals surface area contributed by atoms with Crippen molar-refractivity contribution < 1.29 is 14.7 Å². The Morgan fingerprint density at radius 1 is 1.17 bits per heavy atom. The summed E-state index contributed by atoms with van der Waals surface area (Å²) in [5, 5.41) is 11.9. The molecule has 0 aliphatic heterocycles. The predicted molar refractivity (Wildman–Crippen MR) is 88.9 cm³/mol. The third-order valence-corrected chi connectivity index (χ3v) is 4.43. The highest BCUT2D eigenvalue weighted by molar-refractivity contribution is 5.94. The quantitative estimate of drug-likeness (QED) is 0.842. The van der Waals surface area contributed by atoms with E-state index in [1.807, 2.05) is 12.1 Å². The van der Waals surface area contributed by atoms with Gasteiger partial charge in [0, 0.05) is 31.6 Å². The average Bonchev–Trinajstić information content (AvgIpc) is 2.60. The second-order valence-electron chi connectivity index (χ2n) is 6.20. The van der Waals surface area contributed by atoms with Gasteiger partial charge < -0.3 is 15.3 Å². The zero-order valence-electron chi connectivity index (χ0n) is 13.8. The van der Waals surface area contributed by atoms with E-state index < -0.39 is 0 Å². The molecule has 1 aromatic rings. The lowest BCUT2D eigenvalue weighted by atomic mass is 9.88. The van der Waals surface area contributed by atoms with E-state index in [1.54, 1.807) is 19.2 Å². The van der Waals surface area contributed by atoms with Crippen LogP contribution in [0.15, 0.2) is 24.3 Å². The molecule has 1 saturated carbocycles. The number of carbonyl (C=O) groups is 2. The topological polar surface area (TPSA) is 69.6 Å². The van der Waals surface area contributed by atoms with Gasteiger partial charge in [-0.25, -0.2) is 0 Å². The number of carbonyl (C=O) groups excluding carboxylic acids is 2. The van der Waals surface area contributed by atoms with Gasteiger partial charge in [0.1, 0.15) is 0 Å². The van der Waals surface area contributed by atoms with Gasteiger partial charge in [0.15, 0.2) is 0 Å². The average molecular weight is 318 g/mol. The second-order valence-corrected chi connectivity index (χ2v) is 6.20. The minimum Gasteiger partial charge on any atom is -0.395 e. The highest BCUT2D eigenvalue weighted by Gasteiger charge is 2.20. The predicted octanol–water partition coefficient (Wildman–Crippen LogP) is 1.95. The summed E-state index contributed by atoms with van der Waals surface area (Å²) in [6.45, 7) is 0.766. The Balaban J connectivity index is 1.85. The van der Waals surface area contributed by atoms with Gasteiger partial charge in [0.2, 0.25) is 5.91 Å². The summed E-state index contributed by atoms with van der Waals surface area (Å²) in [5.41, 5.74) is 1.57. The third-order valence-electron chi connectivity index (χ3n) is 4.43. The molecule has 126 valence electrons. The van der Waals surface area contributed by atoms with Gasteiger partial charge in [0.05, 0.1) is 6.61 Å². The van der Waals surface area contributed by atoms with Crippen LogP contribution in [-0.2, 0) is 11.3 Å². The fourth-order valence-electron chi connectivity index (χ4n) is 2.94. The van der Waals surface area contributed by atoms with E-state index in [0.717, 1.165) is 31.2 Å². The molecular formula is C18H26N2O3. The molecule has 23 heavy (non-hydrogen) atoms. The van der Waals surface area contributed by atoms with Crippen LogP contribution in [-0.4, -0.2) is 42.0 Å². The minimum atomic E-state index is -0.114. The largest absolute Gasteiger partial charge is 0.395 e. The Hall–Kier alpha value is -1.88. The highest BCUT2D eigenvalue weighted by atomic mass is 16.3. The molecule has 1 aromatic carbocycles. The van der Waals surface area contributed by atoms with Crippen LogP contribution in [0.4, 0.5) is 0 Å². The highest BCUT2D eigenvalue weighted by Crippen LogP contribution is 2.23. The molecule has 1 aliphatic carbocycles. The van der Waals surface area contributed by atoms with Gasteiger partial charge in [-0.15, -0.1) is 0 Å². The molecule has 5 nitrogen and oxygen atoms in total. The van der Waals surface area contributed by atoms with Crippen molar-refractivity contribution in [3.8, 4) is 0 Å². The molecule has 2 amide bonds. The fraction of sp³-hybridized carbons (Fsp3) is 0.556. The monoisotopic (exact) mass is 318 g/mol. The zero-order chi connectivity index (χ0) is 16.7. The number of rotatable bonds is 6. The summed E-state index contributed by atoms with van der Waals surface area (Å²) in [4.78, 5) is 25.7. The SMILES string of the molecule is CN(CCO)C(=O)c1ccc(CNC(=O)C2CCCCC2)cc1. The van der Waals surface area contributed by atoms with Crippen molar-refractivity contribution in [3.05, 3.63) is 35.4 Å². The normalized spacial score (nSPS) is 15.2. The fourth-order valence-corrected chi connectivity index (χ4v) is 2.94. The van der Waals surface area contributed by atoms with Gasteiger partial charge in [0.25, 0.3) is 5.91 Å². The first-order valence-electron chi connectivity index (χ1n) is 8.35. The smallest absolute Gasteiger partial charge is 0.253 e. The van der Waals surface area contributed by atoms with E-state index in [1.165, 1.54) is 11.3 Å². The number of nitrogens with one attached hydrogen (secondary N) is 1. The lowest BCUT2D eigenvalue weighted by Crippen LogP contribution is -2.31. The van der Waals surface area contributed by atoms with Crippen LogP contribution < -0.4 is 5.32 Å². The summed E-state index contributed by atoms with van der Waals surface area (Å²) < 4.78 is 0. The maximum absolute atomic E-state index is 12.1. The number of nitrogens with zero attached hydrogens (tertiary/aromatic N) is 1. The van der Waals surface area contributed by atoms with Gasteiger partial charge in [-0.05, 0) is 30.5 Å². The Morgan fingerprint density at radius 2 is 1.83 bits per heavy atom. The van der Waals surface area contributed by atoms with Crippen LogP contribution in [0.5, 0.6) is 0 Å². The van der Waals surface area contributed by atoms with Gasteiger partial charge in [-0.1, -0.05) is 31.4 Å². The van der Waals surface area contributed by atoms with E-state index in [4.69, 9.17) is 5.11 Å². The standard InChI is InChI=1S/C18H26N2O3/c1-20(11-12-21)18(23)16-9-7-14(8-10-16)13-19-17(22)15-5-3-2-4-6-15/h7-10,15,21H,2-6,11-13H2,1H3,(H,19,22). The number of benzene rings is 1. The number of hydrogen-bond donors (Lipinski definition) is 2. The number of aliphatic hydroxyl groups is 1. The minimum absolute atomic E-state index is 0.0481. The first kappa shape index (κ1) is 17.5. The van der Waals surface area contributed by atoms with Gasteiger partial charge in [-0.3, -0.25) is 9.59 Å². The molecule has 0 heterocycles. The Labute approximate surface area is 137 Å². The Kier molecular flexibility index (Phi) is 6.59. The summed E-state index contributed by atoms with van der Waals surface area (Å²) in [7, 11) is 1.66. The van der Waals surface area contributed by atoms with Crippen LogP contribution in [0.25, 0.3) is 0 Å². The summed E-state index contributed by atoms with van der Waals surface area (Å²) in [6, 6.07) is 7.25. The summed E-state index contributed by atoms with van der Waals surface area (Å²) >= 11 is 0. The first-order valence-corrected chi connectivity index (χ1v) is 8.35. The number of hydrogen-bond acceptors (Lipinski definition) is 3. The molecule has 0 atom stereocenters. The first-order chi connectivity index (χ1) is 11.1. The van der Waals surface area contributed by atoms with E-state index in [0.29, 0.717) is 18.7 Å². The van der Waals surface area contributed by atoms with Crippen LogP contribution in [0, 0.1) is 5.92 Å². The van der Waals surface area contributed by atoms with E-state index in [9.17, 15) is 9.59 Å². The van der Waals surface area contributed by atoms with E-state index in [2.05, 4.69) is 5.32 Å². The molecule has 1 fully saturated rings. The third kappa shape index (κ3) is 5.06. The van der Waals surface area contributed by atoms with Crippen molar-refractivity contribution in [1.82, 2.24) is 10.2 Å². The molecule has 2 N–H and O–H groups in total. The number of amides is 2. The van der Waals surface area contributed by atoms with Crippen molar-refractivity contribution in [3.63, 3.8) is 0 Å². The molecule has 0 aromatic heterocycles. The van der Waals surface area contributed by atoms with Crippen molar-refractivity contribution >= 4 is 11.8 Å². The van der Waals surface area contributed by atoms with Gasteiger partial charge >= 0.3 is 0 Å². The summed E-state index contributed by atoms with van der Waals surface area (Å²) in [5.74, 6) is 0.195. The molecule has 0 unspecified atom stereocenters. The Bertz CT molecular complexity index is 522. The second kappa shape index (κ2) is 8.67. The summed E-state index contributed by atoms with van der Waals surface area (Å²) in [6.07, 6.45) is 5.53. The van der Waals surface area contributed by atoms with Crippen LogP contribution in [0.3, 0.4) is 0 Å². The van der Waals surface area contributed by atoms with Crippen LogP contribution >= 0.6 is 0 Å². The van der Waals surface area contributed by atoms with Crippen molar-refractivity contribution in [1.29, 1.82) is 0 Å². The lowest BCUT2D eigenvalue weighted by molar-refractivity contribution is -0.126. The maximum atomic E-state index is 12.1. The van der Waals surface area contributed by atoms with Crippen molar-refractivity contribution in [2.75, 3.05) is 20.2 Å². The number of likely N-dealkylation sites (N-methyl/N-ethyl adjacent to an activating group) is 1. The van der Waals surface area contributed by atoms with Crippen molar-refractivity contribution in [2.24, 2.45) is 5.92 Å². The zero-order valence-corrected chi connectivity index (χ0v) is 13.8. The van der Waals surface area contributed by atoms with Crippen LogP contribution in [0.2, 0.25) is 0 Å². The van der Waals surface area contributed by atoms with Gasteiger partial charge in [-0.2, -0.15) is 0 Å². The number of aliphatic hydroxyl groups excluding tert-OH is 1.